The van der Waals surface area contributed by atoms with Gasteiger partial charge in [-0.05, 0) is 11.8 Å². The summed E-state index contributed by atoms with van der Waals surface area (Å²) in [5, 5.41) is 10.5. The van der Waals surface area contributed by atoms with Crippen LogP contribution in [0.1, 0.15) is 6.92 Å². The van der Waals surface area contributed by atoms with Crippen LogP contribution in [0.2, 0.25) is 0 Å². The maximum Gasteiger partial charge on any atom is 0.492 e. The van der Waals surface area contributed by atoms with Crippen LogP contribution in [0.4, 0.5) is 19.0 Å². The zero-order chi connectivity index (χ0) is 15.8. The molecule has 9 nitrogen and oxygen atoms in total. The molecule has 0 spiro atoms. The minimum atomic E-state index is -5.10. The number of alkyl halides is 3. The van der Waals surface area contributed by atoms with Crippen LogP contribution >= 0.6 is 0 Å². The highest BCUT2D eigenvalue weighted by atomic mass is 19.4. The molecule has 0 aliphatic carbocycles. The van der Waals surface area contributed by atoms with Crippen molar-refractivity contribution in [2.75, 3.05) is 6.54 Å². The van der Waals surface area contributed by atoms with Gasteiger partial charge in [0.25, 0.3) is 0 Å². The summed E-state index contributed by atoms with van der Waals surface area (Å²) >= 11 is 0. The second-order valence-electron chi connectivity index (χ2n) is 4.53. The number of halogens is 3. The Kier molecular flexibility index (Phi) is 3.49. The van der Waals surface area contributed by atoms with E-state index in [4.69, 9.17) is 4.74 Å². The quantitative estimate of drug-likeness (QED) is 0.639. The lowest BCUT2D eigenvalue weighted by atomic mass is 10.1. The molecule has 0 amide bonds. The standard InChI is InChI=1S/C9H9F3N4O5/c1-8(3-13-21-6(17)9(10,11)12)4-15-2-5(16(18)19)14-7(15)20-8/h2,13H,3-4H2,1H3. The molecule has 1 aliphatic rings. The van der Waals surface area contributed by atoms with E-state index < -0.39 is 28.5 Å². The highest BCUT2D eigenvalue weighted by Crippen LogP contribution is 2.30. The minimum absolute atomic E-state index is 0.0341. The highest BCUT2D eigenvalue weighted by Gasteiger charge is 2.43. The summed E-state index contributed by atoms with van der Waals surface area (Å²) in [6, 6.07) is -0.0341. The summed E-state index contributed by atoms with van der Waals surface area (Å²) in [4.78, 5) is 27.7. The number of fused-ring (bicyclic) bond motifs is 1. The number of rotatable bonds is 4. The summed E-state index contributed by atoms with van der Waals surface area (Å²) in [6.07, 6.45) is -3.96. The third-order valence-electron chi connectivity index (χ3n) is 2.60. The lowest BCUT2D eigenvalue weighted by molar-refractivity contribution is -0.389. The van der Waals surface area contributed by atoms with Crippen LogP contribution in [0.5, 0.6) is 6.01 Å². The number of hydrogen-bond donors (Lipinski definition) is 1. The largest absolute Gasteiger partial charge is 0.492 e. The van der Waals surface area contributed by atoms with E-state index in [-0.39, 0.29) is 19.1 Å². The van der Waals surface area contributed by atoms with Crippen molar-refractivity contribution >= 4 is 11.8 Å². The highest BCUT2D eigenvalue weighted by molar-refractivity contribution is 5.75. The van der Waals surface area contributed by atoms with Crippen molar-refractivity contribution in [1.82, 2.24) is 15.0 Å². The van der Waals surface area contributed by atoms with Crippen LogP contribution in [-0.2, 0) is 16.2 Å². The summed E-state index contributed by atoms with van der Waals surface area (Å²) in [7, 11) is 0. The van der Waals surface area contributed by atoms with E-state index in [0.29, 0.717) is 0 Å². The smallest absolute Gasteiger partial charge is 0.436 e. The van der Waals surface area contributed by atoms with Gasteiger partial charge in [-0.2, -0.15) is 13.2 Å². The van der Waals surface area contributed by atoms with Gasteiger partial charge in [0, 0.05) is 4.98 Å². The topological polar surface area (TPSA) is 109 Å². The SMILES string of the molecule is CC1(CNOC(=O)C(F)(F)F)Cn2cc([N+](=O)[O-])nc2O1. The van der Waals surface area contributed by atoms with E-state index in [1.54, 1.807) is 0 Å². The number of hydrogen-bond acceptors (Lipinski definition) is 7. The maximum atomic E-state index is 11.9. The molecule has 1 aliphatic heterocycles. The Hall–Kier alpha value is -2.37. The number of nitro groups is 1. The molecular formula is C9H9F3N4O5. The molecule has 1 N–H and O–H groups in total. The second kappa shape index (κ2) is 4.87. The number of aromatic nitrogens is 2. The van der Waals surface area contributed by atoms with Crippen LogP contribution < -0.4 is 10.2 Å². The van der Waals surface area contributed by atoms with E-state index >= 15 is 0 Å². The average molecular weight is 310 g/mol. The molecule has 1 atom stereocenters. The molecule has 0 saturated heterocycles. The molecule has 0 saturated carbocycles. The first-order valence-electron chi connectivity index (χ1n) is 5.52. The number of hydroxylamine groups is 1. The summed E-state index contributed by atoms with van der Waals surface area (Å²) in [6.45, 7) is 1.35. The molecule has 116 valence electrons. The molecule has 21 heavy (non-hydrogen) atoms. The summed E-state index contributed by atoms with van der Waals surface area (Å²) < 4.78 is 42.4. The average Bonchev–Trinajstić information content (AvgIpc) is 2.82. The molecular weight excluding hydrogens is 301 g/mol. The fourth-order valence-corrected chi connectivity index (χ4v) is 1.69. The maximum absolute atomic E-state index is 11.9. The van der Waals surface area contributed by atoms with Crippen LogP contribution in [0.3, 0.4) is 0 Å². The van der Waals surface area contributed by atoms with Gasteiger partial charge in [-0.15, -0.1) is 5.48 Å². The van der Waals surface area contributed by atoms with E-state index in [9.17, 15) is 28.1 Å². The Morgan fingerprint density at radius 2 is 2.38 bits per heavy atom. The predicted octanol–water partition coefficient (Wildman–Crippen LogP) is 0.552. The Morgan fingerprint density at radius 1 is 1.71 bits per heavy atom. The summed E-state index contributed by atoms with van der Waals surface area (Å²) in [5.74, 6) is -2.78. The molecule has 2 heterocycles. The third-order valence-corrected chi connectivity index (χ3v) is 2.60. The van der Waals surface area contributed by atoms with E-state index in [1.165, 1.54) is 11.5 Å². The van der Waals surface area contributed by atoms with Crippen molar-refractivity contribution in [2.24, 2.45) is 0 Å². The van der Waals surface area contributed by atoms with Crippen molar-refractivity contribution in [2.45, 2.75) is 25.2 Å². The number of carbonyl (C=O) groups excluding carboxylic acids is 1. The van der Waals surface area contributed by atoms with Crippen LogP contribution in [-0.4, -0.2) is 38.8 Å². The first-order chi connectivity index (χ1) is 9.61. The Balaban J connectivity index is 1.90. The first-order valence-corrected chi connectivity index (χ1v) is 5.52. The number of nitrogens with one attached hydrogen (secondary N) is 1. The van der Waals surface area contributed by atoms with E-state index in [0.717, 1.165) is 6.20 Å². The minimum Gasteiger partial charge on any atom is -0.436 e. The van der Waals surface area contributed by atoms with Crippen LogP contribution in [0.15, 0.2) is 6.20 Å². The Labute approximate surface area is 114 Å². The number of ether oxygens (including phenoxy) is 1. The Morgan fingerprint density at radius 3 is 2.90 bits per heavy atom. The van der Waals surface area contributed by atoms with Gasteiger partial charge in [0.15, 0.2) is 0 Å². The normalized spacial score (nSPS) is 20.8. The molecule has 1 unspecified atom stereocenters. The molecule has 0 bridgehead atoms. The van der Waals surface area contributed by atoms with Crippen molar-refractivity contribution in [3.63, 3.8) is 0 Å². The third kappa shape index (κ3) is 3.21. The fraction of sp³-hybridized carbons (Fsp3) is 0.556. The van der Waals surface area contributed by atoms with Gasteiger partial charge < -0.3 is 19.7 Å². The van der Waals surface area contributed by atoms with Gasteiger partial charge in [-0.25, -0.2) is 4.79 Å². The first kappa shape index (κ1) is 15.0. The van der Waals surface area contributed by atoms with Gasteiger partial charge in [0.2, 0.25) is 0 Å². The molecule has 0 aromatic carbocycles. The molecule has 0 fully saturated rings. The van der Waals surface area contributed by atoms with E-state index in [1.807, 2.05) is 5.48 Å². The van der Waals surface area contributed by atoms with Gasteiger partial charge in [0.05, 0.1) is 13.1 Å². The fourth-order valence-electron chi connectivity index (χ4n) is 1.69. The van der Waals surface area contributed by atoms with Crippen molar-refractivity contribution in [3.05, 3.63) is 16.3 Å². The van der Waals surface area contributed by atoms with Crippen LogP contribution in [0, 0.1) is 10.1 Å². The molecule has 12 heteroatoms. The van der Waals surface area contributed by atoms with Crippen LogP contribution in [0.25, 0.3) is 0 Å². The number of carbonyl (C=O) groups is 1. The number of imidazole rings is 1. The zero-order valence-corrected chi connectivity index (χ0v) is 10.5. The molecule has 1 aromatic heterocycles. The molecule has 1 aromatic rings. The lowest BCUT2D eigenvalue weighted by Crippen LogP contribution is -2.44. The van der Waals surface area contributed by atoms with Crippen molar-refractivity contribution in [3.8, 4) is 6.01 Å². The van der Waals surface area contributed by atoms with E-state index in [2.05, 4.69) is 9.82 Å². The van der Waals surface area contributed by atoms with Gasteiger partial charge in [-0.3, -0.25) is 4.57 Å². The molecule has 0 radical (unpaired) electrons. The van der Waals surface area contributed by atoms with Gasteiger partial charge in [0.1, 0.15) is 11.8 Å². The van der Waals surface area contributed by atoms with Crippen molar-refractivity contribution < 1.29 is 32.5 Å². The zero-order valence-electron chi connectivity index (χ0n) is 10.5. The molecule has 2 rings (SSSR count). The monoisotopic (exact) mass is 310 g/mol. The van der Waals surface area contributed by atoms with Gasteiger partial charge in [-0.1, -0.05) is 0 Å². The van der Waals surface area contributed by atoms with Crippen molar-refractivity contribution in [1.29, 1.82) is 0 Å². The Bertz CT molecular complexity index is 561. The van der Waals surface area contributed by atoms with Gasteiger partial charge >= 0.3 is 24.0 Å². The summed E-state index contributed by atoms with van der Waals surface area (Å²) in [5.41, 5.74) is 0.814. The second-order valence-corrected chi connectivity index (χ2v) is 4.53. The predicted molar refractivity (Wildman–Crippen MR) is 58.1 cm³/mol. The lowest BCUT2D eigenvalue weighted by Gasteiger charge is -2.21. The number of nitrogens with zero attached hydrogens (tertiary/aromatic N) is 3.